The molecule has 0 saturated carbocycles. The number of rotatable bonds is 4. The summed E-state index contributed by atoms with van der Waals surface area (Å²) in [5.74, 6) is 0. The number of nitrogens with zero attached hydrogens (tertiary/aromatic N) is 1. The Balaban J connectivity index is 2.08. The fraction of sp³-hybridized carbons (Fsp3) is 0.538. The minimum atomic E-state index is -0.0471. The van der Waals surface area contributed by atoms with Crippen LogP contribution >= 0.6 is 0 Å². The zero-order chi connectivity index (χ0) is 12.1. The Morgan fingerprint density at radius 2 is 1.94 bits per heavy atom. The summed E-state index contributed by atoms with van der Waals surface area (Å²) >= 11 is 0. The number of hydrogen-bond donors (Lipinski definition) is 3. The second-order valence-electron chi connectivity index (χ2n) is 4.57. The molecule has 0 amide bonds. The molecule has 0 spiro atoms. The Bertz CT molecular complexity index is 347. The predicted octanol–water partition coefficient (Wildman–Crippen LogP) is 0.0503. The third kappa shape index (κ3) is 3.26. The van der Waals surface area contributed by atoms with Crippen LogP contribution in [0.25, 0.3) is 0 Å². The molecule has 1 saturated heterocycles. The average molecular weight is 234 g/mol. The Morgan fingerprint density at radius 1 is 1.24 bits per heavy atom. The van der Waals surface area contributed by atoms with Gasteiger partial charge in [-0.1, -0.05) is 24.3 Å². The van der Waals surface area contributed by atoms with Crippen LogP contribution in [0.4, 0.5) is 0 Å². The van der Waals surface area contributed by atoms with Crippen molar-refractivity contribution in [1.29, 1.82) is 0 Å². The van der Waals surface area contributed by atoms with Crippen LogP contribution in [0.2, 0.25) is 0 Å². The lowest BCUT2D eigenvalue weighted by Gasteiger charge is -2.28. The molecule has 1 aliphatic heterocycles. The first-order valence-electron chi connectivity index (χ1n) is 6.28. The van der Waals surface area contributed by atoms with E-state index in [1.54, 1.807) is 0 Å². The lowest BCUT2D eigenvalue weighted by atomic mass is 10.0. The van der Waals surface area contributed by atoms with Gasteiger partial charge in [0.25, 0.3) is 0 Å². The highest BCUT2D eigenvalue weighted by atomic mass is 15.2. The highest BCUT2D eigenvalue weighted by Crippen LogP contribution is 2.17. The van der Waals surface area contributed by atoms with Crippen molar-refractivity contribution in [2.45, 2.75) is 12.6 Å². The Morgan fingerprint density at radius 3 is 2.65 bits per heavy atom. The normalized spacial score (nSPS) is 19.2. The number of hydrogen-bond acceptors (Lipinski definition) is 4. The van der Waals surface area contributed by atoms with E-state index >= 15 is 0 Å². The fourth-order valence-electron chi connectivity index (χ4n) is 2.28. The molecule has 1 aliphatic rings. The Labute approximate surface area is 103 Å². The van der Waals surface area contributed by atoms with Crippen LogP contribution in [0.1, 0.15) is 17.2 Å². The molecule has 1 fully saturated rings. The quantitative estimate of drug-likeness (QED) is 0.689. The predicted molar refractivity (Wildman–Crippen MR) is 70.6 cm³/mol. The van der Waals surface area contributed by atoms with Crippen molar-refractivity contribution in [2.75, 3.05) is 32.7 Å². The largest absolute Gasteiger partial charge is 0.329 e. The van der Waals surface area contributed by atoms with E-state index in [4.69, 9.17) is 11.5 Å². The van der Waals surface area contributed by atoms with Crippen LogP contribution in [-0.2, 0) is 6.54 Å². The molecule has 1 atom stereocenters. The fourth-order valence-corrected chi connectivity index (χ4v) is 2.28. The lowest BCUT2D eigenvalue weighted by Crippen LogP contribution is -2.43. The minimum absolute atomic E-state index is 0.0471. The second kappa shape index (κ2) is 6.12. The molecule has 5 N–H and O–H groups in total. The van der Waals surface area contributed by atoms with Crippen molar-refractivity contribution in [1.82, 2.24) is 10.2 Å². The van der Waals surface area contributed by atoms with E-state index in [9.17, 15) is 0 Å². The second-order valence-corrected chi connectivity index (χ2v) is 4.57. The van der Waals surface area contributed by atoms with Gasteiger partial charge in [-0.25, -0.2) is 0 Å². The van der Waals surface area contributed by atoms with E-state index in [2.05, 4.69) is 28.4 Å². The van der Waals surface area contributed by atoms with Gasteiger partial charge in [0, 0.05) is 45.3 Å². The summed E-state index contributed by atoms with van der Waals surface area (Å²) in [5, 5.41) is 3.36. The topological polar surface area (TPSA) is 67.3 Å². The zero-order valence-corrected chi connectivity index (χ0v) is 10.2. The molecule has 94 valence electrons. The van der Waals surface area contributed by atoms with E-state index in [-0.39, 0.29) is 6.04 Å². The first-order valence-corrected chi connectivity index (χ1v) is 6.28. The first-order chi connectivity index (χ1) is 8.31. The van der Waals surface area contributed by atoms with Crippen LogP contribution in [0, 0.1) is 0 Å². The van der Waals surface area contributed by atoms with Crippen LogP contribution in [0.3, 0.4) is 0 Å². The van der Waals surface area contributed by atoms with Gasteiger partial charge in [-0.2, -0.15) is 0 Å². The summed E-state index contributed by atoms with van der Waals surface area (Å²) in [6.07, 6.45) is 0. The molecule has 0 aliphatic carbocycles. The van der Waals surface area contributed by atoms with Crippen LogP contribution in [0.15, 0.2) is 24.3 Å². The van der Waals surface area contributed by atoms with Gasteiger partial charge < -0.3 is 16.8 Å². The summed E-state index contributed by atoms with van der Waals surface area (Å²) < 4.78 is 0. The summed E-state index contributed by atoms with van der Waals surface area (Å²) in [5.41, 5.74) is 14.2. The molecular weight excluding hydrogens is 212 g/mol. The van der Waals surface area contributed by atoms with Crippen LogP contribution < -0.4 is 16.8 Å². The first kappa shape index (κ1) is 12.5. The Kier molecular flexibility index (Phi) is 4.50. The summed E-state index contributed by atoms with van der Waals surface area (Å²) in [6, 6.07) is 8.31. The molecule has 17 heavy (non-hydrogen) atoms. The molecule has 0 aromatic heterocycles. The van der Waals surface area contributed by atoms with Crippen molar-refractivity contribution in [2.24, 2.45) is 11.5 Å². The van der Waals surface area contributed by atoms with E-state index in [1.807, 2.05) is 6.07 Å². The van der Waals surface area contributed by atoms with Gasteiger partial charge >= 0.3 is 0 Å². The molecule has 0 radical (unpaired) electrons. The highest BCUT2D eigenvalue weighted by Gasteiger charge is 2.14. The molecule has 1 aromatic carbocycles. The van der Waals surface area contributed by atoms with Gasteiger partial charge in [-0.05, 0) is 11.1 Å². The van der Waals surface area contributed by atoms with Gasteiger partial charge in [0.1, 0.15) is 0 Å². The molecule has 1 aromatic rings. The maximum Gasteiger partial charge on any atom is 0.0422 e. The molecule has 4 heteroatoms. The SMILES string of the molecule is NC[C@H](N)c1ccccc1CN1CCNCC1. The van der Waals surface area contributed by atoms with E-state index in [1.165, 1.54) is 11.1 Å². The van der Waals surface area contributed by atoms with Crippen molar-refractivity contribution in [3.8, 4) is 0 Å². The zero-order valence-electron chi connectivity index (χ0n) is 10.2. The average Bonchev–Trinajstić information content (AvgIpc) is 2.40. The maximum atomic E-state index is 6.04. The lowest BCUT2D eigenvalue weighted by molar-refractivity contribution is 0.232. The van der Waals surface area contributed by atoms with Crippen LogP contribution in [0.5, 0.6) is 0 Å². The van der Waals surface area contributed by atoms with Crippen molar-refractivity contribution < 1.29 is 0 Å². The molecule has 0 bridgehead atoms. The number of nitrogens with one attached hydrogen (secondary N) is 1. The van der Waals surface area contributed by atoms with Crippen molar-refractivity contribution in [3.05, 3.63) is 35.4 Å². The molecule has 4 nitrogen and oxygen atoms in total. The van der Waals surface area contributed by atoms with Crippen molar-refractivity contribution >= 4 is 0 Å². The van der Waals surface area contributed by atoms with Gasteiger partial charge in [0.05, 0.1) is 0 Å². The number of nitrogens with two attached hydrogens (primary N) is 2. The van der Waals surface area contributed by atoms with Gasteiger partial charge in [0.15, 0.2) is 0 Å². The molecular formula is C13H22N4. The smallest absolute Gasteiger partial charge is 0.0422 e. The molecule has 0 unspecified atom stereocenters. The third-order valence-electron chi connectivity index (χ3n) is 3.31. The number of benzene rings is 1. The van der Waals surface area contributed by atoms with Crippen LogP contribution in [-0.4, -0.2) is 37.6 Å². The van der Waals surface area contributed by atoms with Gasteiger partial charge in [-0.3, -0.25) is 4.90 Å². The van der Waals surface area contributed by atoms with Gasteiger partial charge in [-0.15, -0.1) is 0 Å². The van der Waals surface area contributed by atoms with E-state index in [0.717, 1.165) is 32.7 Å². The van der Waals surface area contributed by atoms with Gasteiger partial charge in [0.2, 0.25) is 0 Å². The van der Waals surface area contributed by atoms with Crippen molar-refractivity contribution in [3.63, 3.8) is 0 Å². The summed E-state index contributed by atoms with van der Waals surface area (Å²) in [6.45, 7) is 5.83. The Hall–Kier alpha value is -0.940. The molecule has 1 heterocycles. The summed E-state index contributed by atoms with van der Waals surface area (Å²) in [4.78, 5) is 2.46. The standard InChI is InChI=1S/C13H22N4/c14-9-13(15)12-4-2-1-3-11(12)10-17-7-5-16-6-8-17/h1-4,13,16H,5-10,14-15H2/t13-/m0/s1. The molecule has 2 rings (SSSR count). The third-order valence-corrected chi connectivity index (χ3v) is 3.31. The highest BCUT2D eigenvalue weighted by molar-refractivity contribution is 5.30. The van der Waals surface area contributed by atoms with E-state index < -0.39 is 0 Å². The monoisotopic (exact) mass is 234 g/mol. The maximum absolute atomic E-state index is 6.04. The minimum Gasteiger partial charge on any atom is -0.329 e. The summed E-state index contributed by atoms with van der Waals surface area (Å²) in [7, 11) is 0. The number of piperazine rings is 1. The van der Waals surface area contributed by atoms with E-state index in [0.29, 0.717) is 6.54 Å².